The van der Waals surface area contributed by atoms with Crippen LogP contribution in [0.5, 0.6) is 11.5 Å². The molecule has 166 valence electrons. The van der Waals surface area contributed by atoms with Gasteiger partial charge >= 0.3 is 0 Å². The minimum absolute atomic E-state index is 0.289. The molecule has 1 amide bonds. The third-order valence-electron chi connectivity index (χ3n) is 5.11. The molecular formula is C22H22ClN4O3PS. The number of ether oxygens (including phenoxy) is 2. The van der Waals surface area contributed by atoms with Gasteiger partial charge in [-0.2, -0.15) is 0 Å². The van der Waals surface area contributed by atoms with Gasteiger partial charge in [0.05, 0.1) is 16.2 Å². The molecule has 0 saturated carbocycles. The average molecular weight is 489 g/mol. The molecule has 1 aromatic heterocycles. The van der Waals surface area contributed by atoms with Crippen LogP contribution in [0.2, 0.25) is 5.02 Å². The van der Waals surface area contributed by atoms with E-state index in [4.69, 9.17) is 39.0 Å². The van der Waals surface area contributed by atoms with Crippen LogP contribution in [0.3, 0.4) is 0 Å². The smallest absolute Gasteiger partial charge is 0.249 e. The van der Waals surface area contributed by atoms with Gasteiger partial charge in [0.2, 0.25) is 5.91 Å². The van der Waals surface area contributed by atoms with Crippen molar-refractivity contribution in [3.05, 3.63) is 53.2 Å². The number of rotatable bonds is 5. The third kappa shape index (κ3) is 5.27. The van der Waals surface area contributed by atoms with Crippen molar-refractivity contribution in [2.45, 2.75) is 18.9 Å². The van der Waals surface area contributed by atoms with Crippen LogP contribution in [0.25, 0.3) is 10.9 Å². The van der Waals surface area contributed by atoms with Crippen LogP contribution in [-0.4, -0.2) is 35.3 Å². The van der Waals surface area contributed by atoms with E-state index in [0.717, 1.165) is 26.1 Å². The minimum atomic E-state index is -0.518. The molecule has 1 saturated heterocycles. The molecule has 1 aliphatic heterocycles. The monoisotopic (exact) mass is 488 g/mol. The molecule has 4 rings (SSSR count). The van der Waals surface area contributed by atoms with Crippen molar-refractivity contribution in [2.75, 3.05) is 18.5 Å². The molecule has 2 aromatic carbocycles. The summed E-state index contributed by atoms with van der Waals surface area (Å²) in [5, 5.41) is 8.75. The molecule has 10 heteroatoms. The van der Waals surface area contributed by atoms with Crippen molar-refractivity contribution in [3.8, 4) is 11.5 Å². The average Bonchev–Trinajstić information content (AvgIpc) is 2.76. The Labute approximate surface area is 198 Å². The number of benzene rings is 2. The third-order valence-corrected chi connectivity index (χ3v) is 6.12. The first-order valence-electron chi connectivity index (χ1n) is 10.0. The van der Waals surface area contributed by atoms with Crippen LogP contribution in [0.15, 0.2) is 42.6 Å². The van der Waals surface area contributed by atoms with Gasteiger partial charge in [0.1, 0.15) is 11.5 Å². The van der Waals surface area contributed by atoms with E-state index >= 15 is 0 Å². The number of anilines is 1. The van der Waals surface area contributed by atoms with E-state index in [2.05, 4.69) is 24.9 Å². The number of nitrogens with zero attached hydrogens (tertiary/aromatic N) is 1. The fourth-order valence-corrected chi connectivity index (χ4v) is 4.34. The van der Waals surface area contributed by atoms with E-state index in [1.807, 2.05) is 0 Å². The summed E-state index contributed by atoms with van der Waals surface area (Å²) in [5.41, 5.74) is 7.24. The Morgan fingerprint density at radius 2 is 2.03 bits per heavy atom. The summed E-state index contributed by atoms with van der Waals surface area (Å²) in [6, 6.07) is 10.8. The Morgan fingerprint density at radius 3 is 2.75 bits per heavy atom. The van der Waals surface area contributed by atoms with Crippen molar-refractivity contribution in [2.24, 2.45) is 5.73 Å². The predicted molar refractivity (Wildman–Crippen MR) is 134 cm³/mol. The summed E-state index contributed by atoms with van der Waals surface area (Å²) < 4.78 is 11.4. The van der Waals surface area contributed by atoms with Crippen molar-refractivity contribution >= 4 is 66.0 Å². The lowest BCUT2D eigenvalue weighted by molar-refractivity contribution is 0.0826. The molecule has 1 atom stereocenters. The van der Waals surface area contributed by atoms with Crippen molar-refractivity contribution < 1.29 is 14.3 Å². The highest BCUT2D eigenvalue weighted by Crippen LogP contribution is 2.33. The van der Waals surface area contributed by atoms with Crippen LogP contribution in [0.1, 0.15) is 23.2 Å². The second kappa shape index (κ2) is 9.96. The second-order valence-corrected chi connectivity index (χ2v) is 8.80. The number of pyridine rings is 1. The molecule has 0 bridgehead atoms. The standard InChI is InChI=1S/C22H22ClN4O3PS/c23-16-9-13(1-2-17(16)27-22(32)26-12-4-7-29-8-5-12)30-19-3-6-25-18-11-20(31)15(21(24)28)10-14(18)19/h1-3,6,9-12H,4-5,7-8,31H2,(H2,24,28)(H2,26,27,32). The van der Waals surface area contributed by atoms with Gasteiger partial charge in [-0.25, -0.2) is 0 Å². The highest BCUT2D eigenvalue weighted by atomic mass is 35.5. The molecule has 7 nitrogen and oxygen atoms in total. The van der Waals surface area contributed by atoms with Crippen molar-refractivity contribution in [1.82, 2.24) is 10.3 Å². The SMILES string of the molecule is NC(=O)c1cc2c(Oc3ccc(NC(=S)NC4CCOCC4)c(Cl)c3)ccnc2cc1P. The number of amides is 1. The van der Waals surface area contributed by atoms with Crippen molar-refractivity contribution in [3.63, 3.8) is 0 Å². The maximum absolute atomic E-state index is 11.7. The highest BCUT2D eigenvalue weighted by molar-refractivity contribution is 7.80. The fourth-order valence-electron chi connectivity index (χ4n) is 3.46. The molecule has 0 aliphatic carbocycles. The number of halogens is 1. The number of hydrogen-bond donors (Lipinski definition) is 3. The lowest BCUT2D eigenvalue weighted by atomic mass is 10.1. The Hall–Kier alpha value is -2.51. The lowest BCUT2D eigenvalue weighted by Crippen LogP contribution is -2.41. The first-order valence-corrected chi connectivity index (χ1v) is 11.4. The van der Waals surface area contributed by atoms with Crippen LogP contribution < -0.4 is 26.4 Å². The Kier molecular flexibility index (Phi) is 7.06. The summed E-state index contributed by atoms with van der Waals surface area (Å²) in [5.74, 6) is 0.554. The van der Waals surface area contributed by atoms with E-state index < -0.39 is 5.91 Å². The van der Waals surface area contributed by atoms with E-state index in [0.29, 0.717) is 49.1 Å². The predicted octanol–water partition coefficient (Wildman–Crippen LogP) is 3.75. The Bertz CT molecular complexity index is 1190. The molecule has 4 N–H and O–H groups in total. The van der Waals surface area contributed by atoms with Crippen LogP contribution in [0, 0.1) is 0 Å². The number of hydrogen-bond acceptors (Lipinski definition) is 5. The zero-order valence-corrected chi connectivity index (χ0v) is 19.8. The van der Waals surface area contributed by atoms with E-state index in [-0.39, 0.29) is 6.04 Å². The van der Waals surface area contributed by atoms with Gasteiger partial charge < -0.3 is 25.8 Å². The first-order chi connectivity index (χ1) is 15.4. The molecule has 32 heavy (non-hydrogen) atoms. The van der Waals surface area contributed by atoms with Gasteiger partial charge in [0.25, 0.3) is 0 Å². The lowest BCUT2D eigenvalue weighted by Gasteiger charge is -2.24. The number of nitrogens with two attached hydrogens (primary N) is 1. The van der Waals surface area contributed by atoms with Gasteiger partial charge in [-0.3, -0.25) is 9.78 Å². The summed E-state index contributed by atoms with van der Waals surface area (Å²) in [6.45, 7) is 1.46. The molecule has 1 fully saturated rings. The number of primary amides is 1. The van der Waals surface area contributed by atoms with Gasteiger partial charge in [-0.05, 0) is 60.7 Å². The first kappa shape index (κ1) is 22.7. The maximum Gasteiger partial charge on any atom is 0.249 e. The van der Waals surface area contributed by atoms with Crippen LogP contribution >= 0.6 is 33.1 Å². The normalized spacial score (nSPS) is 14.2. The highest BCUT2D eigenvalue weighted by Gasteiger charge is 2.16. The molecule has 1 aliphatic rings. The van der Waals surface area contributed by atoms with Crippen LogP contribution in [-0.2, 0) is 4.74 Å². The molecule has 0 spiro atoms. The quantitative estimate of drug-likeness (QED) is 0.371. The number of carbonyl (C=O) groups is 1. The topological polar surface area (TPSA) is 98.5 Å². The summed E-state index contributed by atoms with van der Waals surface area (Å²) in [7, 11) is 2.50. The summed E-state index contributed by atoms with van der Waals surface area (Å²) in [6.07, 6.45) is 3.47. The van der Waals surface area contributed by atoms with Gasteiger partial charge in [-0.15, -0.1) is 9.24 Å². The number of thiocarbonyl (C=S) groups is 1. The maximum atomic E-state index is 11.7. The van der Waals surface area contributed by atoms with Gasteiger partial charge in [-0.1, -0.05) is 11.6 Å². The van der Waals surface area contributed by atoms with Crippen molar-refractivity contribution in [1.29, 1.82) is 0 Å². The molecule has 0 radical (unpaired) electrons. The van der Waals surface area contributed by atoms with Gasteiger partial charge in [0.15, 0.2) is 5.11 Å². The molecule has 1 unspecified atom stereocenters. The number of carbonyl (C=O) groups excluding carboxylic acids is 1. The number of fused-ring (bicyclic) bond motifs is 1. The summed E-state index contributed by atoms with van der Waals surface area (Å²) in [4.78, 5) is 16.1. The minimum Gasteiger partial charge on any atom is -0.457 e. The Morgan fingerprint density at radius 1 is 1.25 bits per heavy atom. The Balaban J connectivity index is 1.51. The van der Waals surface area contributed by atoms with E-state index in [1.165, 1.54) is 0 Å². The van der Waals surface area contributed by atoms with E-state index in [1.54, 1.807) is 42.6 Å². The zero-order chi connectivity index (χ0) is 22.7. The molecule has 3 aromatic rings. The molecule has 2 heterocycles. The summed E-state index contributed by atoms with van der Waals surface area (Å²) >= 11 is 11.9. The van der Waals surface area contributed by atoms with E-state index in [9.17, 15) is 4.79 Å². The number of nitrogens with one attached hydrogen (secondary N) is 2. The van der Waals surface area contributed by atoms with Crippen LogP contribution in [0.4, 0.5) is 5.69 Å². The fraction of sp³-hybridized carbons (Fsp3) is 0.227. The largest absolute Gasteiger partial charge is 0.457 e. The van der Waals surface area contributed by atoms with Gasteiger partial charge in [0, 0.05) is 42.5 Å². The number of aromatic nitrogens is 1. The second-order valence-electron chi connectivity index (χ2n) is 7.36. The molecular weight excluding hydrogens is 467 g/mol. The zero-order valence-electron chi connectivity index (χ0n) is 17.1.